The summed E-state index contributed by atoms with van der Waals surface area (Å²) < 4.78 is 25.4. The van der Waals surface area contributed by atoms with Gasteiger partial charge in [0, 0.05) is 6.54 Å². The van der Waals surface area contributed by atoms with Crippen LogP contribution in [0.1, 0.15) is 35.4 Å². The Kier molecular flexibility index (Phi) is 6.26. The highest BCUT2D eigenvalue weighted by molar-refractivity contribution is 7.93. The minimum Gasteiger partial charge on any atom is -0.345 e. The molecule has 2 aromatic rings. The van der Waals surface area contributed by atoms with Gasteiger partial charge in [-0.2, -0.15) is 0 Å². The van der Waals surface area contributed by atoms with Gasteiger partial charge in [0.1, 0.15) is 4.21 Å². The van der Waals surface area contributed by atoms with Gasteiger partial charge >= 0.3 is 0 Å². The molecule has 1 heterocycles. The maximum absolute atomic E-state index is 12.6. The molecule has 1 aromatic carbocycles. The fourth-order valence-corrected chi connectivity index (χ4v) is 5.66. The molecule has 1 amide bonds. The van der Waals surface area contributed by atoms with Crippen molar-refractivity contribution in [1.29, 1.82) is 0 Å². The highest BCUT2D eigenvalue weighted by atomic mass is 35.5. The average molecular weight is 401 g/mol. The first-order valence-corrected chi connectivity index (χ1v) is 10.2. The lowest BCUT2D eigenvalue weighted by atomic mass is 9.98. The lowest BCUT2D eigenvalue weighted by Gasteiger charge is -2.28. The van der Waals surface area contributed by atoms with Crippen LogP contribution in [-0.4, -0.2) is 26.4 Å². The largest absolute Gasteiger partial charge is 0.345 e. The van der Waals surface area contributed by atoms with Crippen molar-refractivity contribution in [2.45, 2.75) is 40.3 Å². The second kappa shape index (κ2) is 7.86. The van der Waals surface area contributed by atoms with E-state index < -0.39 is 9.84 Å². The average Bonchev–Trinajstić information content (AvgIpc) is 3.26. The number of thiophene rings is 1. The molecule has 1 aliphatic carbocycles. The Morgan fingerprint density at radius 1 is 1.12 bits per heavy atom. The number of carbonyl (C=O) groups is 1. The van der Waals surface area contributed by atoms with Gasteiger partial charge in [0.15, 0.2) is 0 Å². The summed E-state index contributed by atoms with van der Waals surface area (Å²) in [6.07, 6.45) is 3.84. The Labute approximate surface area is 158 Å². The van der Waals surface area contributed by atoms with Gasteiger partial charge in [-0.25, -0.2) is 8.42 Å². The number of amides is 1. The van der Waals surface area contributed by atoms with Crippen molar-refractivity contribution >= 4 is 39.5 Å². The van der Waals surface area contributed by atoms with E-state index in [0.29, 0.717) is 11.4 Å². The number of carbonyl (C=O) groups excluding carboxylic acids is 1. The molecule has 0 spiro atoms. The van der Waals surface area contributed by atoms with Crippen molar-refractivity contribution < 1.29 is 13.2 Å². The van der Waals surface area contributed by atoms with E-state index in [1.54, 1.807) is 36.4 Å². The van der Waals surface area contributed by atoms with Gasteiger partial charge in [0.05, 0.1) is 15.3 Å². The molecule has 0 radical (unpaired) electrons. The van der Waals surface area contributed by atoms with Crippen LogP contribution in [0, 0.1) is 0 Å². The number of hydrogen-bond donors (Lipinski definition) is 2. The van der Waals surface area contributed by atoms with Gasteiger partial charge in [0.25, 0.3) is 5.91 Å². The van der Waals surface area contributed by atoms with Crippen LogP contribution in [0.2, 0.25) is 0 Å². The first-order valence-electron chi connectivity index (χ1n) is 7.89. The topological polar surface area (TPSA) is 89.3 Å². The number of nitrogens with two attached hydrogens (primary N) is 1. The normalized spacial score (nSPS) is 16.2. The molecule has 1 fully saturated rings. The van der Waals surface area contributed by atoms with Crippen LogP contribution in [0.5, 0.6) is 0 Å². The zero-order valence-corrected chi connectivity index (χ0v) is 16.1. The summed E-state index contributed by atoms with van der Waals surface area (Å²) in [5, 5.41) is 3.01. The van der Waals surface area contributed by atoms with Gasteiger partial charge in [-0.3, -0.25) is 4.79 Å². The SMILES string of the molecule is Cl.NCC1(NC(=O)c2ccc(S(=O)(=O)c3ccccc3)s2)CCCC1. The van der Waals surface area contributed by atoms with Crippen LogP contribution < -0.4 is 11.1 Å². The predicted molar refractivity (Wildman–Crippen MR) is 101 cm³/mol. The van der Waals surface area contributed by atoms with Gasteiger partial charge in [0.2, 0.25) is 9.84 Å². The minimum atomic E-state index is -3.59. The summed E-state index contributed by atoms with van der Waals surface area (Å²) in [6.45, 7) is 0.402. The Bertz CT molecular complexity index is 829. The molecule has 136 valence electrons. The quantitative estimate of drug-likeness (QED) is 0.807. The van der Waals surface area contributed by atoms with E-state index in [9.17, 15) is 13.2 Å². The van der Waals surface area contributed by atoms with Crippen LogP contribution in [0.15, 0.2) is 51.6 Å². The summed E-state index contributed by atoms with van der Waals surface area (Å²) in [4.78, 5) is 13.1. The molecule has 1 aromatic heterocycles. The standard InChI is InChI=1S/C17H20N2O3S2.ClH/c18-12-17(10-4-5-11-17)19-16(20)14-8-9-15(23-14)24(21,22)13-6-2-1-3-7-13;/h1-3,6-9H,4-5,10-12,18H2,(H,19,20);1H. The number of sulfone groups is 1. The molecule has 25 heavy (non-hydrogen) atoms. The Morgan fingerprint density at radius 3 is 2.36 bits per heavy atom. The Balaban J connectivity index is 0.00000225. The third-order valence-electron chi connectivity index (χ3n) is 4.45. The fraction of sp³-hybridized carbons (Fsp3) is 0.353. The zero-order valence-electron chi connectivity index (χ0n) is 13.6. The number of rotatable bonds is 5. The van der Waals surface area contributed by atoms with Crippen molar-refractivity contribution in [3.63, 3.8) is 0 Å². The number of benzene rings is 1. The Hall–Kier alpha value is -1.41. The van der Waals surface area contributed by atoms with Crippen molar-refractivity contribution in [2.24, 2.45) is 5.73 Å². The molecule has 1 saturated carbocycles. The zero-order chi connectivity index (χ0) is 17.2. The molecule has 0 bridgehead atoms. The van der Waals surface area contributed by atoms with Gasteiger partial charge in [-0.15, -0.1) is 23.7 Å². The smallest absolute Gasteiger partial charge is 0.261 e. The molecule has 0 aliphatic heterocycles. The van der Waals surface area contributed by atoms with Crippen LogP contribution >= 0.6 is 23.7 Å². The summed E-state index contributed by atoms with van der Waals surface area (Å²) in [7, 11) is -3.59. The molecule has 0 saturated heterocycles. The molecular formula is C17H21ClN2O3S2. The third-order valence-corrected chi connectivity index (χ3v) is 7.80. The van der Waals surface area contributed by atoms with Gasteiger partial charge in [-0.05, 0) is 37.1 Å². The second-order valence-electron chi connectivity index (χ2n) is 6.08. The predicted octanol–water partition coefficient (Wildman–Crippen LogP) is 3.00. The molecule has 8 heteroatoms. The highest BCUT2D eigenvalue weighted by Crippen LogP contribution is 2.31. The summed E-state index contributed by atoms with van der Waals surface area (Å²) >= 11 is 0.995. The molecule has 3 N–H and O–H groups in total. The molecule has 5 nitrogen and oxygen atoms in total. The Morgan fingerprint density at radius 2 is 1.76 bits per heavy atom. The first kappa shape index (κ1) is 19.9. The van der Waals surface area contributed by atoms with E-state index in [1.807, 2.05) is 0 Å². The number of halogens is 1. The molecule has 1 aliphatic rings. The van der Waals surface area contributed by atoms with Crippen LogP contribution in [-0.2, 0) is 9.84 Å². The molecule has 3 rings (SSSR count). The van der Waals surface area contributed by atoms with Gasteiger partial charge in [-0.1, -0.05) is 31.0 Å². The lowest BCUT2D eigenvalue weighted by Crippen LogP contribution is -2.51. The van der Waals surface area contributed by atoms with E-state index in [2.05, 4.69) is 5.32 Å². The van der Waals surface area contributed by atoms with Gasteiger partial charge < -0.3 is 11.1 Å². The van der Waals surface area contributed by atoms with Crippen molar-refractivity contribution in [2.75, 3.05) is 6.54 Å². The van der Waals surface area contributed by atoms with Crippen molar-refractivity contribution in [3.8, 4) is 0 Å². The monoisotopic (exact) mass is 400 g/mol. The third kappa shape index (κ3) is 4.06. The van der Waals surface area contributed by atoms with Crippen molar-refractivity contribution in [3.05, 3.63) is 47.3 Å². The van der Waals surface area contributed by atoms with Crippen LogP contribution in [0.4, 0.5) is 0 Å². The first-order chi connectivity index (χ1) is 11.5. The van der Waals surface area contributed by atoms with Crippen molar-refractivity contribution in [1.82, 2.24) is 5.32 Å². The van der Waals surface area contributed by atoms with Crippen LogP contribution in [0.3, 0.4) is 0 Å². The summed E-state index contributed by atoms with van der Waals surface area (Å²) in [5.74, 6) is -0.248. The van der Waals surface area contributed by atoms with Crippen LogP contribution in [0.25, 0.3) is 0 Å². The molecular weight excluding hydrogens is 380 g/mol. The fourth-order valence-electron chi connectivity index (χ4n) is 3.04. The highest BCUT2D eigenvalue weighted by Gasteiger charge is 2.34. The van der Waals surface area contributed by atoms with E-state index in [1.165, 1.54) is 6.07 Å². The summed E-state index contributed by atoms with van der Waals surface area (Å²) in [6, 6.07) is 11.3. The maximum Gasteiger partial charge on any atom is 0.261 e. The maximum atomic E-state index is 12.6. The van der Waals surface area contributed by atoms with E-state index in [-0.39, 0.29) is 33.0 Å². The minimum absolute atomic E-state index is 0. The lowest BCUT2D eigenvalue weighted by molar-refractivity contribution is 0.0907. The molecule has 0 unspecified atom stereocenters. The summed E-state index contributed by atoms with van der Waals surface area (Å²) in [5.41, 5.74) is 5.49. The van der Waals surface area contributed by atoms with E-state index >= 15 is 0 Å². The van der Waals surface area contributed by atoms with E-state index in [4.69, 9.17) is 5.73 Å². The van der Waals surface area contributed by atoms with E-state index in [0.717, 1.165) is 37.0 Å². The molecule has 0 atom stereocenters. The number of hydrogen-bond acceptors (Lipinski definition) is 5. The second-order valence-corrected chi connectivity index (χ2v) is 9.34. The number of nitrogens with one attached hydrogen (secondary N) is 1.